The lowest BCUT2D eigenvalue weighted by atomic mass is 10.0. The molecule has 0 heterocycles. The number of phenolic OH excluding ortho intramolecular Hbond substituents is 1. The summed E-state index contributed by atoms with van der Waals surface area (Å²) in [6, 6.07) is 9.87. The average Bonchev–Trinajstić information content (AvgIpc) is 2.28. The molecule has 17 heavy (non-hydrogen) atoms. The van der Waals surface area contributed by atoms with Crippen molar-refractivity contribution in [1.82, 2.24) is 0 Å². The predicted octanol–water partition coefficient (Wildman–Crippen LogP) is 4.18. The molecule has 2 nitrogen and oxygen atoms in total. The fourth-order valence-corrected chi connectivity index (χ4v) is 2.08. The molecular formula is C13H8Cl2O2. The molecule has 0 saturated carbocycles. The Bertz CT molecular complexity index is 559. The summed E-state index contributed by atoms with van der Waals surface area (Å²) in [5.41, 5.74) is 1.80. The summed E-state index contributed by atoms with van der Waals surface area (Å²) < 4.78 is 0. The third-order valence-corrected chi connectivity index (χ3v) is 2.79. The highest BCUT2D eigenvalue weighted by atomic mass is 35.5. The number of carbonyl (C=O) groups is 1. The highest BCUT2D eigenvalue weighted by Crippen LogP contribution is 2.29. The van der Waals surface area contributed by atoms with E-state index >= 15 is 0 Å². The number of halogens is 2. The second kappa shape index (κ2) is 4.78. The quantitative estimate of drug-likeness (QED) is 0.829. The van der Waals surface area contributed by atoms with Crippen molar-refractivity contribution in [2.75, 3.05) is 0 Å². The first-order valence-electron chi connectivity index (χ1n) is 4.85. The molecule has 0 aromatic heterocycles. The molecular weight excluding hydrogens is 259 g/mol. The molecule has 0 spiro atoms. The third kappa shape index (κ3) is 2.60. The van der Waals surface area contributed by atoms with Gasteiger partial charge in [-0.25, -0.2) is 0 Å². The van der Waals surface area contributed by atoms with Gasteiger partial charge in [-0.2, -0.15) is 0 Å². The van der Waals surface area contributed by atoms with E-state index in [1.807, 2.05) is 0 Å². The molecule has 4 heteroatoms. The van der Waals surface area contributed by atoms with Crippen LogP contribution in [-0.2, 0) is 0 Å². The zero-order chi connectivity index (χ0) is 12.4. The van der Waals surface area contributed by atoms with Crippen LogP contribution >= 0.6 is 23.2 Å². The minimum atomic E-state index is -0.0446. The summed E-state index contributed by atoms with van der Waals surface area (Å²) in [5, 5.41) is 10.5. The molecule has 2 aromatic carbocycles. The maximum atomic E-state index is 10.7. The molecule has 86 valence electrons. The SMILES string of the molecule is O=Cc1cc(-c2cc(Cl)cc(Cl)c2)ccc1O. The van der Waals surface area contributed by atoms with E-state index in [9.17, 15) is 9.90 Å². The van der Waals surface area contributed by atoms with Gasteiger partial charge in [0.2, 0.25) is 0 Å². The maximum absolute atomic E-state index is 10.7. The molecule has 0 amide bonds. The Labute approximate surface area is 108 Å². The Morgan fingerprint density at radius 2 is 1.59 bits per heavy atom. The van der Waals surface area contributed by atoms with Gasteiger partial charge >= 0.3 is 0 Å². The van der Waals surface area contributed by atoms with Gasteiger partial charge in [0.25, 0.3) is 0 Å². The lowest BCUT2D eigenvalue weighted by Crippen LogP contribution is -1.84. The molecule has 0 fully saturated rings. The van der Waals surface area contributed by atoms with E-state index in [1.54, 1.807) is 30.3 Å². The van der Waals surface area contributed by atoms with E-state index in [1.165, 1.54) is 6.07 Å². The summed E-state index contributed by atoms with van der Waals surface area (Å²) in [4.78, 5) is 10.7. The number of aldehydes is 1. The number of phenols is 1. The summed E-state index contributed by atoms with van der Waals surface area (Å²) >= 11 is 11.8. The largest absolute Gasteiger partial charge is 0.507 e. The average molecular weight is 267 g/mol. The smallest absolute Gasteiger partial charge is 0.153 e. The molecule has 0 aliphatic carbocycles. The molecule has 0 bridgehead atoms. The van der Waals surface area contributed by atoms with Gasteiger partial charge in [0.05, 0.1) is 5.56 Å². The minimum absolute atomic E-state index is 0.0446. The third-order valence-electron chi connectivity index (χ3n) is 2.35. The molecule has 0 aliphatic heterocycles. The standard InChI is InChI=1S/C13H8Cl2O2/c14-11-4-9(5-12(15)6-11)8-1-2-13(17)10(3-8)7-16/h1-7,17H. The Hall–Kier alpha value is -1.51. The van der Waals surface area contributed by atoms with E-state index in [-0.39, 0.29) is 11.3 Å². The lowest BCUT2D eigenvalue weighted by molar-refractivity contribution is 0.112. The normalized spacial score (nSPS) is 10.2. The second-order valence-corrected chi connectivity index (χ2v) is 4.42. The van der Waals surface area contributed by atoms with Crippen molar-refractivity contribution in [3.05, 3.63) is 52.0 Å². The zero-order valence-corrected chi connectivity index (χ0v) is 10.2. The van der Waals surface area contributed by atoms with Gasteiger partial charge in [0.15, 0.2) is 6.29 Å². The van der Waals surface area contributed by atoms with Crippen molar-refractivity contribution in [1.29, 1.82) is 0 Å². The highest BCUT2D eigenvalue weighted by molar-refractivity contribution is 6.35. The van der Waals surface area contributed by atoms with Crippen LogP contribution in [0.1, 0.15) is 10.4 Å². The van der Waals surface area contributed by atoms with Crippen LogP contribution in [0.15, 0.2) is 36.4 Å². The van der Waals surface area contributed by atoms with Gasteiger partial charge < -0.3 is 5.11 Å². The summed E-state index contributed by atoms with van der Waals surface area (Å²) in [5.74, 6) is -0.0446. The summed E-state index contributed by atoms with van der Waals surface area (Å²) in [7, 11) is 0. The van der Waals surface area contributed by atoms with Crippen molar-refractivity contribution >= 4 is 29.5 Å². The summed E-state index contributed by atoms with van der Waals surface area (Å²) in [6.07, 6.45) is 0.602. The first-order valence-corrected chi connectivity index (χ1v) is 5.60. The number of hydrogen-bond acceptors (Lipinski definition) is 2. The molecule has 2 rings (SSSR count). The van der Waals surface area contributed by atoms with Gasteiger partial charge in [-0.1, -0.05) is 29.3 Å². The second-order valence-electron chi connectivity index (χ2n) is 3.55. The molecule has 2 aromatic rings. The van der Waals surface area contributed by atoms with Crippen molar-refractivity contribution in [2.45, 2.75) is 0 Å². The van der Waals surface area contributed by atoms with E-state index in [4.69, 9.17) is 23.2 Å². The molecule has 0 aliphatic rings. The van der Waals surface area contributed by atoms with Crippen LogP contribution in [0.5, 0.6) is 5.75 Å². The molecule has 0 atom stereocenters. The molecule has 0 saturated heterocycles. The highest BCUT2D eigenvalue weighted by Gasteiger charge is 2.05. The van der Waals surface area contributed by atoms with Crippen molar-refractivity contribution < 1.29 is 9.90 Å². The van der Waals surface area contributed by atoms with Gasteiger partial charge in [0.1, 0.15) is 5.75 Å². The molecule has 1 N–H and O–H groups in total. The van der Waals surface area contributed by atoms with Crippen LogP contribution in [0, 0.1) is 0 Å². The van der Waals surface area contributed by atoms with E-state index in [0.29, 0.717) is 16.3 Å². The van der Waals surface area contributed by atoms with Gasteiger partial charge in [-0.3, -0.25) is 4.79 Å². The van der Waals surface area contributed by atoms with Crippen LogP contribution in [0.3, 0.4) is 0 Å². The van der Waals surface area contributed by atoms with E-state index in [2.05, 4.69) is 0 Å². The van der Waals surface area contributed by atoms with Crippen LogP contribution in [0.25, 0.3) is 11.1 Å². The fourth-order valence-electron chi connectivity index (χ4n) is 1.55. The number of benzene rings is 2. The Morgan fingerprint density at radius 3 is 2.18 bits per heavy atom. The van der Waals surface area contributed by atoms with Gasteiger partial charge in [-0.15, -0.1) is 0 Å². The monoisotopic (exact) mass is 266 g/mol. The van der Waals surface area contributed by atoms with E-state index in [0.717, 1.165) is 11.1 Å². The fraction of sp³-hybridized carbons (Fsp3) is 0. The molecule has 0 unspecified atom stereocenters. The van der Waals surface area contributed by atoms with Crippen molar-refractivity contribution in [3.8, 4) is 16.9 Å². The Kier molecular flexibility index (Phi) is 3.36. The number of carbonyl (C=O) groups excluding carboxylic acids is 1. The molecule has 0 radical (unpaired) electrons. The Balaban J connectivity index is 2.56. The zero-order valence-electron chi connectivity index (χ0n) is 8.65. The predicted molar refractivity (Wildman–Crippen MR) is 69.0 cm³/mol. The summed E-state index contributed by atoms with van der Waals surface area (Å²) in [6.45, 7) is 0. The van der Waals surface area contributed by atoms with Crippen molar-refractivity contribution in [2.24, 2.45) is 0 Å². The van der Waals surface area contributed by atoms with Gasteiger partial charge in [-0.05, 0) is 41.5 Å². The number of aromatic hydroxyl groups is 1. The topological polar surface area (TPSA) is 37.3 Å². The lowest BCUT2D eigenvalue weighted by Gasteiger charge is -2.05. The van der Waals surface area contributed by atoms with E-state index < -0.39 is 0 Å². The number of hydrogen-bond donors (Lipinski definition) is 1. The van der Waals surface area contributed by atoms with Gasteiger partial charge in [0, 0.05) is 10.0 Å². The maximum Gasteiger partial charge on any atom is 0.153 e. The van der Waals surface area contributed by atoms with Crippen LogP contribution in [0.4, 0.5) is 0 Å². The first kappa shape index (κ1) is 12.0. The Morgan fingerprint density at radius 1 is 0.941 bits per heavy atom. The van der Waals surface area contributed by atoms with Crippen molar-refractivity contribution in [3.63, 3.8) is 0 Å². The van der Waals surface area contributed by atoms with Crippen LogP contribution < -0.4 is 0 Å². The first-order chi connectivity index (χ1) is 8.10. The minimum Gasteiger partial charge on any atom is -0.507 e. The number of rotatable bonds is 2. The van der Waals surface area contributed by atoms with Crippen LogP contribution in [-0.4, -0.2) is 11.4 Å². The van der Waals surface area contributed by atoms with Crippen LogP contribution in [0.2, 0.25) is 10.0 Å².